The molecule has 0 radical (unpaired) electrons. The van der Waals surface area contributed by atoms with Gasteiger partial charge < -0.3 is 0 Å². The van der Waals surface area contributed by atoms with Crippen LogP contribution in [0.2, 0.25) is 0 Å². The van der Waals surface area contributed by atoms with Gasteiger partial charge >= 0.3 is 0 Å². The van der Waals surface area contributed by atoms with Gasteiger partial charge in [-0.05, 0) is 40.0 Å². The summed E-state index contributed by atoms with van der Waals surface area (Å²) >= 11 is 6.74. The molecule has 1 N–H and O–H groups in total. The number of aryl methyl sites for hydroxylation is 1. The van der Waals surface area contributed by atoms with E-state index in [1.165, 1.54) is 0 Å². The molecular weight excluding hydrogens is 348 g/mol. The van der Waals surface area contributed by atoms with Gasteiger partial charge in [0, 0.05) is 4.47 Å². The highest BCUT2D eigenvalue weighted by Gasteiger charge is 2.09. The minimum atomic E-state index is -0.0122. The van der Waals surface area contributed by atoms with Crippen LogP contribution in [0.25, 0.3) is 0 Å². The molecule has 0 atom stereocenters. The number of hydrogen-bond donors (Lipinski definition) is 1. The molecule has 90 valence electrons. The van der Waals surface area contributed by atoms with E-state index in [9.17, 15) is 4.79 Å². The third-order valence-corrected chi connectivity index (χ3v) is 3.86. The van der Waals surface area contributed by atoms with Crippen LogP contribution in [-0.4, -0.2) is 9.78 Å². The summed E-state index contributed by atoms with van der Waals surface area (Å²) < 4.78 is 3.27. The molecule has 2 aromatic rings. The van der Waals surface area contributed by atoms with E-state index >= 15 is 0 Å². The van der Waals surface area contributed by atoms with Crippen molar-refractivity contribution >= 4 is 31.9 Å². The van der Waals surface area contributed by atoms with Crippen LogP contribution in [0.4, 0.5) is 0 Å². The van der Waals surface area contributed by atoms with E-state index in [0.29, 0.717) is 11.0 Å². The van der Waals surface area contributed by atoms with Gasteiger partial charge in [0.25, 0.3) is 5.56 Å². The first kappa shape index (κ1) is 12.6. The van der Waals surface area contributed by atoms with Gasteiger partial charge in [-0.1, -0.05) is 35.0 Å². The predicted molar refractivity (Wildman–Crippen MR) is 75.4 cm³/mol. The van der Waals surface area contributed by atoms with Crippen LogP contribution in [0.5, 0.6) is 0 Å². The average molecular weight is 360 g/mol. The summed E-state index contributed by atoms with van der Waals surface area (Å²) in [6.07, 6.45) is 0.807. The Hall–Kier alpha value is -0.810. The topological polar surface area (TPSA) is 37.8 Å². The maximum absolute atomic E-state index is 11.9. The average Bonchev–Trinajstić information content (AvgIpc) is 2.57. The van der Waals surface area contributed by atoms with Crippen LogP contribution in [0.3, 0.4) is 0 Å². The monoisotopic (exact) mass is 358 g/mol. The molecule has 17 heavy (non-hydrogen) atoms. The lowest BCUT2D eigenvalue weighted by atomic mass is 10.2. The van der Waals surface area contributed by atoms with E-state index in [1.807, 2.05) is 31.2 Å². The largest absolute Gasteiger partial charge is 0.298 e. The van der Waals surface area contributed by atoms with Crippen LogP contribution in [-0.2, 0) is 13.0 Å². The molecule has 0 fully saturated rings. The van der Waals surface area contributed by atoms with Gasteiger partial charge in [-0.15, -0.1) is 0 Å². The van der Waals surface area contributed by atoms with Gasteiger partial charge in [-0.25, -0.2) is 4.68 Å². The second-order valence-corrected chi connectivity index (χ2v) is 5.49. The molecule has 0 aliphatic heterocycles. The molecule has 0 saturated carbocycles. The first-order chi connectivity index (χ1) is 8.11. The van der Waals surface area contributed by atoms with E-state index in [0.717, 1.165) is 22.2 Å². The maximum atomic E-state index is 11.9. The summed E-state index contributed by atoms with van der Waals surface area (Å²) in [6, 6.07) is 7.93. The molecule has 2 rings (SSSR count). The number of rotatable bonds is 3. The smallest absolute Gasteiger partial charge is 0.281 e. The normalized spacial score (nSPS) is 10.8. The predicted octanol–water partition coefficient (Wildman–Crippen LogP) is 3.31. The Morgan fingerprint density at radius 1 is 1.35 bits per heavy atom. The fourth-order valence-corrected chi connectivity index (χ4v) is 2.70. The van der Waals surface area contributed by atoms with E-state index in [2.05, 4.69) is 37.0 Å². The Morgan fingerprint density at radius 2 is 2.12 bits per heavy atom. The number of H-pyrrole nitrogens is 1. The van der Waals surface area contributed by atoms with Crippen molar-refractivity contribution in [1.29, 1.82) is 0 Å². The van der Waals surface area contributed by atoms with E-state index < -0.39 is 0 Å². The van der Waals surface area contributed by atoms with Gasteiger partial charge in [0.2, 0.25) is 0 Å². The lowest BCUT2D eigenvalue weighted by molar-refractivity contribution is 0.652. The Bertz CT molecular complexity index is 586. The first-order valence-corrected chi connectivity index (χ1v) is 6.92. The van der Waals surface area contributed by atoms with Crippen molar-refractivity contribution in [3.05, 3.63) is 54.8 Å². The van der Waals surface area contributed by atoms with Crippen molar-refractivity contribution in [2.45, 2.75) is 19.9 Å². The maximum Gasteiger partial charge on any atom is 0.281 e. The summed E-state index contributed by atoms with van der Waals surface area (Å²) in [7, 11) is 0. The molecule has 0 aliphatic rings. The number of aromatic amines is 1. The summed E-state index contributed by atoms with van der Waals surface area (Å²) in [5.41, 5.74) is 2.00. The Kier molecular flexibility index (Phi) is 3.89. The molecule has 0 aliphatic carbocycles. The van der Waals surface area contributed by atoms with Crippen molar-refractivity contribution in [3.63, 3.8) is 0 Å². The fraction of sp³-hybridized carbons (Fsp3) is 0.250. The molecule has 3 nitrogen and oxygen atoms in total. The molecule has 1 aromatic heterocycles. The second-order valence-electron chi connectivity index (χ2n) is 3.78. The summed E-state index contributed by atoms with van der Waals surface area (Å²) in [6.45, 7) is 2.57. The molecular formula is C12H12Br2N2O. The zero-order chi connectivity index (χ0) is 12.4. The third-order valence-electron chi connectivity index (χ3n) is 2.55. The zero-order valence-electron chi connectivity index (χ0n) is 9.34. The minimum absolute atomic E-state index is 0.0122. The number of nitrogens with one attached hydrogen (secondary N) is 1. The van der Waals surface area contributed by atoms with Gasteiger partial charge in [0.1, 0.15) is 4.47 Å². The van der Waals surface area contributed by atoms with Crippen molar-refractivity contribution < 1.29 is 0 Å². The van der Waals surface area contributed by atoms with Crippen molar-refractivity contribution in [3.8, 4) is 0 Å². The van der Waals surface area contributed by atoms with Crippen LogP contribution in [0.1, 0.15) is 18.2 Å². The van der Waals surface area contributed by atoms with Gasteiger partial charge in [-0.2, -0.15) is 0 Å². The number of halogens is 2. The Morgan fingerprint density at radius 3 is 2.71 bits per heavy atom. The molecule has 0 unspecified atom stereocenters. The van der Waals surface area contributed by atoms with Gasteiger partial charge in [-0.3, -0.25) is 9.89 Å². The van der Waals surface area contributed by atoms with E-state index in [1.54, 1.807) is 4.68 Å². The molecule has 5 heteroatoms. The first-order valence-electron chi connectivity index (χ1n) is 5.33. The fourth-order valence-electron chi connectivity index (χ4n) is 1.67. The Balaban J connectivity index is 2.34. The number of hydrogen-bond acceptors (Lipinski definition) is 1. The van der Waals surface area contributed by atoms with Crippen molar-refractivity contribution in [2.24, 2.45) is 0 Å². The molecule has 0 amide bonds. The van der Waals surface area contributed by atoms with E-state index in [4.69, 9.17) is 0 Å². The lowest BCUT2D eigenvalue weighted by Crippen LogP contribution is -2.17. The third kappa shape index (κ3) is 2.72. The minimum Gasteiger partial charge on any atom is -0.298 e. The van der Waals surface area contributed by atoms with Gasteiger partial charge in [0.05, 0.1) is 12.2 Å². The van der Waals surface area contributed by atoms with Crippen LogP contribution < -0.4 is 5.56 Å². The summed E-state index contributed by atoms with van der Waals surface area (Å²) in [4.78, 5) is 11.9. The van der Waals surface area contributed by atoms with Crippen LogP contribution >= 0.6 is 31.9 Å². The van der Waals surface area contributed by atoms with Gasteiger partial charge in [0.15, 0.2) is 0 Å². The zero-order valence-corrected chi connectivity index (χ0v) is 12.5. The van der Waals surface area contributed by atoms with Crippen LogP contribution in [0.15, 0.2) is 38.0 Å². The molecule has 0 bridgehead atoms. The highest BCUT2D eigenvalue weighted by molar-refractivity contribution is 9.10. The standard InChI is InChI=1S/C12H12Br2N2O/c1-2-10-11(14)12(17)16(15-10)7-8-4-3-5-9(13)6-8/h3-6,15H,2,7H2,1H3. The highest BCUT2D eigenvalue weighted by Crippen LogP contribution is 2.14. The highest BCUT2D eigenvalue weighted by atomic mass is 79.9. The summed E-state index contributed by atoms with van der Waals surface area (Å²) in [5.74, 6) is 0. The molecule has 1 aromatic carbocycles. The Labute approximate surface area is 116 Å². The molecule has 1 heterocycles. The second kappa shape index (κ2) is 5.23. The molecule has 0 saturated heterocycles. The lowest BCUT2D eigenvalue weighted by Gasteiger charge is -2.02. The number of nitrogens with zero attached hydrogens (tertiary/aromatic N) is 1. The van der Waals surface area contributed by atoms with Crippen LogP contribution in [0, 0.1) is 0 Å². The number of benzene rings is 1. The van der Waals surface area contributed by atoms with Crippen molar-refractivity contribution in [2.75, 3.05) is 0 Å². The van der Waals surface area contributed by atoms with Crippen molar-refractivity contribution in [1.82, 2.24) is 9.78 Å². The summed E-state index contributed by atoms with van der Waals surface area (Å²) in [5, 5.41) is 3.11. The van der Waals surface area contributed by atoms with E-state index in [-0.39, 0.29) is 5.56 Å². The number of aromatic nitrogens is 2. The molecule has 0 spiro atoms. The quantitative estimate of drug-likeness (QED) is 0.896. The SMILES string of the molecule is CCc1[nH]n(Cc2cccc(Br)c2)c(=O)c1Br.